The summed E-state index contributed by atoms with van der Waals surface area (Å²) in [6.07, 6.45) is 0.841. The van der Waals surface area contributed by atoms with Gasteiger partial charge in [0.25, 0.3) is 0 Å². The van der Waals surface area contributed by atoms with Crippen LogP contribution in [0.4, 0.5) is 0 Å². The van der Waals surface area contributed by atoms with E-state index in [1.165, 1.54) is 13.0 Å². The first-order chi connectivity index (χ1) is 6.76. The third-order valence-electron chi connectivity index (χ3n) is 2.87. The normalized spacial score (nSPS) is 23.4. The largest absolute Gasteiger partial charge is 0.390 e. The fraction of sp³-hybridized carbons (Fsp3) is 1.00. The fourth-order valence-corrected chi connectivity index (χ4v) is 1.90. The zero-order valence-corrected chi connectivity index (χ0v) is 9.15. The molecular weight excluding hydrogens is 178 g/mol. The van der Waals surface area contributed by atoms with Gasteiger partial charge in [0.2, 0.25) is 0 Å². The SMILES string of the molecule is CCN1CCCN(CC(O)CN)CC1. The lowest BCUT2D eigenvalue weighted by molar-refractivity contribution is 0.120. The molecule has 1 unspecified atom stereocenters. The molecule has 0 aromatic heterocycles. The second-order valence-corrected chi connectivity index (χ2v) is 3.98. The molecule has 0 aromatic carbocycles. The number of rotatable bonds is 4. The average molecular weight is 201 g/mol. The van der Waals surface area contributed by atoms with Gasteiger partial charge in [-0.1, -0.05) is 6.92 Å². The van der Waals surface area contributed by atoms with E-state index < -0.39 is 0 Å². The number of aliphatic hydroxyl groups excluding tert-OH is 1. The van der Waals surface area contributed by atoms with E-state index in [1.807, 2.05) is 0 Å². The van der Waals surface area contributed by atoms with Crippen LogP contribution in [0.2, 0.25) is 0 Å². The van der Waals surface area contributed by atoms with Gasteiger partial charge < -0.3 is 15.7 Å². The smallest absolute Gasteiger partial charge is 0.0789 e. The van der Waals surface area contributed by atoms with Crippen molar-refractivity contribution in [3.8, 4) is 0 Å². The molecule has 1 aliphatic rings. The molecule has 1 aliphatic heterocycles. The number of hydrogen-bond donors (Lipinski definition) is 2. The van der Waals surface area contributed by atoms with Crippen LogP contribution in [-0.2, 0) is 0 Å². The van der Waals surface area contributed by atoms with Crippen molar-refractivity contribution >= 4 is 0 Å². The second-order valence-electron chi connectivity index (χ2n) is 3.98. The quantitative estimate of drug-likeness (QED) is 0.634. The van der Waals surface area contributed by atoms with Crippen LogP contribution >= 0.6 is 0 Å². The molecule has 1 saturated heterocycles. The molecule has 14 heavy (non-hydrogen) atoms. The highest BCUT2D eigenvalue weighted by atomic mass is 16.3. The Morgan fingerprint density at radius 3 is 2.50 bits per heavy atom. The Bertz CT molecular complexity index is 154. The van der Waals surface area contributed by atoms with Crippen LogP contribution in [0.5, 0.6) is 0 Å². The summed E-state index contributed by atoms with van der Waals surface area (Å²) in [5.74, 6) is 0. The molecule has 1 atom stereocenters. The van der Waals surface area contributed by atoms with E-state index in [2.05, 4.69) is 16.7 Å². The lowest BCUT2D eigenvalue weighted by Crippen LogP contribution is -2.38. The number of hydrogen-bond acceptors (Lipinski definition) is 4. The van der Waals surface area contributed by atoms with E-state index in [0.29, 0.717) is 6.54 Å². The minimum Gasteiger partial charge on any atom is -0.390 e. The van der Waals surface area contributed by atoms with Crippen LogP contribution < -0.4 is 5.73 Å². The highest BCUT2D eigenvalue weighted by Crippen LogP contribution is 2.03. The number of nitrogens with zero attached hydrogens (tertiary/aromatic N) is 2. The van der Waals surface area contributed by atoms with Crippen molar-refractivity contribution < 1.29 is 5.11 Å². The molecule has 0 aliphatic carbocycles. The minimum absolute atomic E-state index is 0.358. The van der Waals surface area contributed by atoms with Crippen LogP contribution in [0.25, 0.3) is 0 Å². The lowest BCUT2D eigenvalue weighted by Gasteiger charge is -2.22. The van der Waals surface area contributed by atoms with E-state index in [4.69, 9.17) is 5.73 Å². The van der Waals surface area contributed by atoms with Gasteiger partial charge in [0.05, 0.1) is 6.10 Å². The Labute approximate surface area is 86.7 Å². The van der Waals surface area contributed by atoms with Crippen LogP contribution in [0, 0.1) is 0 Å². The summed E-state index contributed by atoms with van der Waals surface area (Å²) in [6.45, 7) is 8.89. The van der Waals surface area contributed by atoms with Crippen molar-refractivity contribution in [1.29, 1.82) is 0 Å². The van der Waals surface area contributed by atoms with Crippen LogP contribution in [0.1, 0.15) is 13.3 Å². The van der Waals surface area contributed by atoms with Gasteiger partial charge in [-0.3, -0.25) is 4.90 Å². The van der Waals surface area contributed by atoms with E-state index in [-0.39, 0.29) is 6.10 Å². The van der Waals surface area contributed by atoms with Gasteiger partial charge in [-0.15, -0.1) is 0 Å². The zero-order chi connectivity index (χ0) is 10.4. The summed E-state index contributed by atoms with van der Waals surface area (Å²) >= 11 is 0. The Morgan fingerprint density at radius 2 is 1.86 bits per heavy atom. The predicted octanol–water partition coefficient (Wildman–Crippen LogP) is -0.666. The van der Waals surface area contributed by atoms with Gasteiger partial charge in [-0.05, 0) is 26.1 Å². The van der Waals surface area contributed by atoms with Crippen molar-refractivity contribution in [3.63, 3.8) is 0 Å². The summed E-state index contributed by atoms with van der Waals surface area (Å²) in [7, 11) is 0. The fourth-order valence-electron chi connectivity index (χ4n) is 1.90. The van der Waals surface area contributed by atoms with Crippen molar-refractivity contribution in [3.05, 3.63) is 0 Å². The number of β-amino-alcohol motifs (C(OH)–C–C–N with tert-alkyl or cyclic N) is 1. The van der Waals surface area contributed by atoms with Crippen LogP contribution in [0.15, 0.2) is 0 Å². The highest BCUT2D eigenvalue weighted by Gasteiger charge is 2.15. The van der Waals surface area contributed by atoms with Crippen molar-refractivity contribution in [2.75, 3.05) is 45.8 Å². The molecular formula is C10H23N3O. The molecule has 0 spiro atoms. The molecule has 0 radical (unpaired) electrons. The Kier molecular flexibility index (Phi) is 5.40. The van der Waals surface area contributed by atoms with E-state index >= 15 is 0 Å². The van der Waals surface area contributed by atoms with E-state index in [0.717, 1.165) is 32.7 Å². The molecule has 0 amide bonds. The van der Waals surface area contributed by atoms with Gasteiger partial charge >= 0.3 is 0 Å². The first-order valence-electron chi connectivity index (χ1n) is 5.59. The summed E-state index contributed by atoms with van der Waals surface area (Å²) in [4.78, 5) is 4.77. The Hall–Kier alpha value is -0.160. The Balaban J connectivity index is 2.27. The second kappa shape index (κ2) is 6.35. The highest BCUT2D eigenvalue weighted by molar-refractivity contribution is 4.71. The molecule has 3 N–H and O–H groups in total. The molecule has 0 aromatic rings. The number of likely N-dealkylation sites (N-methyl/N-ethyl adjacent to an activating group) is 1. The molecule has 84 valence electrons. The van der Waals surface area contributed by atoms with Crippen molar-refractivity contribution in [2.45, 2.75) is 19.4 Å². The third kappa shape index (κ3) is 3.92. The van der Waals surface area contributed by atoms with Crippen molar-refractivity contribution in [2.24, 2.45) is 5.73 Å². The molecule has 4 heteroatoms. The first kappa shape index (κ1) is 11.9. The molecule has 1 rings (SSSR count). The van der Waals surface area contributed by atoms with Gasteiger partial charge in [0.15, 0.2) is 0 Å². The number of nitrogens with two attached hydrogens (primary N) is 1. The summed E-state index contributed by atoms with van der Waals surface area (Å²) in [5, 5.41) is 9.44. The summed E-state index contributed by atoms with van der Waals surface area (Å²) in [6, 6.07) is 0. The van der Waals surface area contributed by atoms with Gasteiger partial charge in [0.1, 0.15) is 0 Å². The summed E-state index contributed by atoms with van der Waals surface area (Å²) < 4.78 is 0. The average Bonchev–Trinajstić information content (AvgIpc) is 2.43. The maximum Gasteiger partial charge on any atom is 0.0789 e. The standard InChI is InChI=1S/C10H23N3O/c1-2-12-4-3-5-13(7-6-12)9-10(14)8-11/h10,14H,2-9,11H2,1H3. The van der Waals surface area contributed by atoms with Gasteiger partial charge in [-0.25, -0.2) is 0 Å². The zero-order valence-electron chi connectivity index (χ0n) is 9.15. The maximum atomic E-state index is 9.44. The lowest BCUT2D eigenvalue weighted by atomic mass is 10.3. The van der Waals surface area contributed by atoms with Crippen molar-refractivity contribution in [1.82, 2.24) is 9.80 Å². The van der Waals surface area contributed by atoms with Crippen LogP contribution in [0.3, 0.4) is 0 Å². The van der Waals surface area contributed by atoms with Gasteiger partial charge in [0, 0.05) is 26.2 Å². The topological polar surface area (TPSA) is 52.7 Å². The maximum absolute atomic E-state index is 9.44. The van der Waals surface area contributed by atoms with E-state index in [9.17, 15) is 5.11 Å². The molecule has 1 heterocycles. The number of aliphatic hydroxyl groups is 1. The Morgan fingerprint density at radius 1 is 1.21 bits per heavy atom. The molecule has 0 saturated carbocycles. The first-order valence-corrected chi connectivity index (χ1v) is 5.59. The van der Waals surface area contributed by atoms with Crippen LogP contribution in [-0.4, -0.2) is 66.8 Å². The molecule has 0 bridgehead atoms. The predicted molar refractivity (Wildman–Crippen MR) is 58.2 cm³/mol. The third-order valence-corrected chi connectivity index (χ3v) is 2.87. The minimum atomic E-state index is -0.358. The van der Waals surface area contributed by atoms with E-state index in [1.54, 1.807) is 0 Å². The van der Waals surface area contributed by atoms with Gasteiger partial charge in [-0.2, -0.15) is 0 Å². The molecule has 4 nitrogen and oxygen atoms in total. The monoisotopic (exact) mass is 201 g/mol. The molecule has 1 fully saturated rings. The summed E-state index contributed by atoms with van der Waals surface area (Å²) in [5.41, 5.74) is 5.39.